The van der Waals surface area contributed by atoms with Gasteiger partial charge in [-0.15, -0.1) is 0 Å². The van der Waals surface area contributed by atoms with E-state index in [0.29, 0.717) is 18.1 Å². The average Bonchev–Trinajstić information content (AvgIpc) is 3.05. The first-order valence-electron chi connectivity index (χ1n) is 7.67. The quantitative estimate of drug-likeness (QED) is 0.758. The minimum atomic E-state index is -0.300. The number of halogens is 1. The van der Waals surface area contributed by atoms with Crippen molar-refractivity contribution in [3.63, 3.8) is 0 Å². The molecular formula is C19H17FN2O2. The molecule has 5 heteroatoms. The second kappa shape index (κ2) is 7.08. The van der Waals surface area contributed by atoms with E-state index in [1.54, 1.807) is 18.3 Å². The fourth-order valence-electron chi connectivity index (χ4n) is 2.25. The molecule has 1 heterocycles. The lowest BCUT2D eigenvalue weighted by Crippen LogP contribution is -2.12. The first-order chi connectivity index (χ1) is 11.6. The summed E-state index contributed by atoms with van der Waals surface area (Å²) in [4.78, 5) is 16.1. The van der Waals surface area contributed by atoms with Crippen molar-refractivity contribution < 1.29 is 13.6 Å². The maximum atomic E-state index is 12.9. The molecule has 0 bridgehead atoms. The largest absolute Gasteiger partial charge is 0.441 e. The summed E-state index contributed by atoms with van der Waals surface area (Å²) in [5.41, 5.74) is 2.66. The molecule has 3 rings (SSSR count). The van der Waals surface area contributed by atoms with Gasteiger partial charge >= 0.3 is 0 Å². The van der Waals surface area contributed by atoms with E-state index in [-0.39, 0.29) is 18.1 Å². The van der Waals surface area contributed by atoms with Crippen molar-refractivity contribution in [1.82, 2.24) is 4.98 Å². The Labute approximate surface area is 139 Å². The van der Waals surface area contributed by atoms with Crippen molar-refractivity contribution in [3.05, 3.63) is 72.0 Å². The summed E-state index contributed by atoms with van der Waals surface area (Å²) in [6, 6.07) is 13.6. The zero-order valence-corrected chi connectivity index (χ0v) is 13.3. The number of hydrogen-bond donors (Lipinski definition) is 1. The van der Waals surface area contributed by atoms with E-state index in [9.17, 15) is 9.18 Å². The Kier molecular flexibility index (Phi) is 4.70. The number of benzene rings is 2. The Hall–Kier alpha value is -2.95. The lowest BCUT2D eigenvalue weighted by Gasteiger charge is -2.04. The Morgan fingerprint density at radius 1 is 1.12 bits per heavy atom. The molecule has 0 aliphatic rings. The van der Waals surface area contributed by atoms with Crippen molar-refractivity contribution in [2.75, 3.05) is 5.32 Å². The van der Waals surface area contributed by atoms with Crippen LogP contribution in [0.2, 0.25) is 0 Å². The maximum Gasteiger partial charge on any atom is 0.224 e. The van der Waals surface area contributed by atoms with Crippen LogP contribution in [0.5, 0.6) is 0 Å². The van der Waals surface area contributed by atoms with E-state index in [4.69, 9.17) is 4.42 Å². The van der Waals surface area contributed by atoms with Crippen LogP contribution in [0.15, 0.2) is 59.1 Å². The van der Waals surface area contributed by atoms with Crippen molar-refractivity contribution in [1.29, 1.82) is 0 Å². The highest BCUT2D eigenvalue weighted by atomic mass is 19.1. The highest BCUT2D eigenvalue weighted by Gasteiger charge is 2.09. The predicted octanol–water partition coefficient (Wildman–Crippen LogP) is 4.36. The number of amides is 1. The molecule has 3 aromatic rings. The van der Waals surface area contributed by atoms with Crippen LogP contribution in [-0.2, 0) is 11.2 Å². The zero-order valence-electron chi connectivity index (χ0n) is 13.3. The molecule has 1 aromatic heterocycles. The molecule has 0 aliphatic heterocycles. The summed E-state index contributed by atoms with van der Waals surface area (Å²) in [6.07, 6.45) is 2.26. The van der Waals surface area contributed by atoms with Gasteiger partial charge in [-0.05, 0) is 43.3 Å². The van der Waals surface area contributed by atoms with Crippen LogP contribution in [0.4, 0.5) is 10.1 Å². The van der Waals surface area contributed by atoms with Crippen LogP contribution in [-0.4, -0.2) is 10.9 Å². The van der Waals surface area contributed by atoms with Crippen molar-refractivity contribution >= 4 is 11.6 Å². The molecule has 0 fully saturated rings. The zero-order chi connectivity index (χ0) is 16.9. The highest BCUT2D eigenvalue weighted by molar-refractivity contribution is 5.90. The number of hydrogen-bond acceptors (Lipinski definition) is 3. The first-order valence-corrected chi connectivity index (χ1v) is 7.67. The van der Waals surface area contributed by atoms with E-state index >= 15 is 0 Å². The van der Waals surface area contributed by atoms with E-state index in [0.717, 1.165) is 16.8 Å². The van der Waals surface area contributed by atoms with Gasteiger partial charge in [-0.3, -0.25) is 4.79 Å². The van der Waals surface area contributed by atoms with E-state index in [1.165, 1.54) is 12.1 Å². The molecular weight excluding hydrogens is 307 g/mol. The number of carbonyl (C=O) groups is 1. The van der Waals surface area contributed by atoms with Crippen LogP contribution >= 0.6 is 0 Å². The second-order valence-corrected chi connectivity index (χ2v) is 5.54. The van der Waals surface area contributed by atoms with E-state index < -0.39 is 0 Å². The number of oxazole rings is 1. The Morgan fingerprint density at radius 3 is 2.54 bits per heavy atom. The Bertz CT molecular complexity index is 823. The number of aryl methyl sites for hydroxylation is 2. The number of anilines is 1. The summed E-state index contributed by atoms with van der Waals surface area (Å²) >= 11 is 0. The number of nitrogens with zero attached hydrogens (tertiary/aromatic N) is 1. The van der Waals surface area contributed by atoms with Gasteiger partial charge in [0.15, 0.2) is 11.7 Å². The molecule has 0 saturated heterocycles. The molecule has 122 valence electrons. The van der Waals surface area contributed by atoms with Crippen LogP contribution in [0.3, 0.4) is 0 Å². The normalized spacial score (nSPS) is 10.6. The monoisotopic (exact) mass is 324 g/mol. The van der Waals surface area contributed by atoms with Crippen LogP contribution in [0, 0.1) is 12.7 Å². The molecule has 24 heavy (non-hydrogen) atoms. The third-order valence-corrected chi connectivity index (χ3v) is 3.58. The SMILES string of the molecule is Cc1ccc(NC(=O)CCc2ncc(-c3ccc(F)cc3)o2)cc1. The van der Waals surface area contributed by atoms with Crippen molar-refractivity contribution in [2.24, 2.45) is 0 Å². The van der Waals surface area contributed by atoms with Crippen molar-refractivity contribution in [3.8, 4) is 11.3 Å². The Morgan fingerprint density at radius 2 is 1.83 bits per heavy atom. The molecule has 1 N–H and O–H groups in total. The summed E-state index contributed by atoms with van der Waals surface area (Å²) < 4.78 is 18.5. The second-order valence-electron chi connectivity index (χ2n) is 5.54. The minimum Gasteiger partial charge on any atom is -0.441 e. The van der Waals surface area contributed by atoms with Gasteiger partial charge in [0.2, 0.25) is 5.91 Å². The standard InChI is InChI=1S/C19H17FN2O2/c1-13-2-8-16(9-3-13)22-18(23)10-11-19-21-12-17(24-19)14-4-6-15(20)7-5-14/h2-9,12H,10-11H2,1H3,(H,22,23). The molecule has 0 saturated carbocycles. The lowest BCUT2D eigenvalue weighted by atomic mass is 10.2. The molecule has 0 aliphatic carbocycles. The van der Waals surface area contributed by atoms with Crippen molar-refractivity contribution in [2.45, 2.75) is 19.8 Å². The van der Waals surface area contributed by atoms with E-state index in [1.807, 2.05) is 31.2 Å². The van der Waals surface area contributed by atoms with Crippen LogP contribution in [0.25, 0.3) is 11.3 Å². The average molecular weight is 324 g/mol. The number of carbonyl (C=O) groups excluding carboxylic acids is 1. The summed E-state index contributed by atoms with van der Waals surface area (Å²) in [7, 11) is 0. The maximum absolute atomic E-state index is 12.9. The smallest absolute Gasteiger partial charge is 0.224 e. The van der Waals surface area contributed by atoms with Gasteiger partial charge in [0, 0.05) is 24.1 Å². The molecule has 2 aromatic carbocycles. The first kappa shape index (κ1) is 15.9. The summed E-state index contributed by atoms with van der Waals surface area (Å²) in [5, 5.41) is 2.83. The van der Waals surface area contributed by atoms with Gasteiger partial charge in [-0.2, -0.15) is 0 Å². The molecule has 0 radical (unpaired) electrons. The fraction of sp³-hybridized carbons (Fsp3) is 0.158. The molecule has 1 amide bonds. The van der Waals surface area contributed by atoms with E-state index in [2.05, 4.69) is 10.3 Å². The molecule has 0 spiro atoms. The molecule has 0 unspecified atom stereocenters. The summed E-state index contributed by atoms with van der Waals surface area (Å²) in [5.74, 6) is 0.643. The Balaban J connectivity index is 1.56. The summed E-state index contributed by atoms with van der Waals surface area (Å²) in [6.45, 7) is 1.99. The van der Waals surface area contributed by atoms with Crippen LogP contribution in [0.1, 0.15) is 17.9 Å². The fourth-order valence-corrected chi connectivity index (χ4v) is 2.25. The molecule has 0 atom stereocenters. The van der Waals surface area contributed by atoms with Gasteiger partial charge in [-0.1, -0.05) is 17.7 Å². The van der Waals surface area contributed by atoms with Gasteiger partial charge < -0.3 is 9.73 Å². The number of aromatic nitrogens is 1. The molecule has 4 nitrogen and oxygen atoms in total. The number of rotatable bonds is 5. The predicted molar refractivity (Wildman–Crippen MR) is 90.0 cm³/mol. The minimum absolute atomic E-state index is 0.0969. The number of nitrogens with one attached hydrogen (secondary N) is 1. The third-order valence-electron chi connectivity index (χ3n) is 3.58. The van der Waals surface area contributed by atoms with Gasteiger partial charge in [0.1, 0.15) is 5.82 Å². The van der Waals surface area contributed by atoms with Gasteiger partial charge in [0.05, 0.1) is 6.20 Å². The van der Waals surface area contributed by atoms with Gasteiger partial charge in [0.25, 0.3) is 0 Å². The highest BCUT2D eigenvalue weighted by Crippen LogP contribution is 2.21. The third kappa shape index (κ3) is 4.07. The van der Waals surface area contributed by atoms with Crippen LogP contribution < -0.4 is 5.32 Å². The lowest BCUT2D eigenvalue weighted by molar-refractivity contribution is -0.116. The van der Waals surface area contributed by atoms with Gasteiger partial charge in [-0.25, -0.2) is 9.37 Å². The topological polar surface area (TPSA) is 55.1 Å².